The van der Waals surface area contributed by atoms with Crippen LogP contribution in [0, 0.1) is 11.8 Å². The molecule has 3 nitrogen and oxygen atoms in total. The Morgan fingerprint density at radius 2 is 2.00 bits per heavy atom. The minimum Gasteiger partial charge on any atom is -0.478 e. The van der Waals surface area contributed by atoms with Gasteiger partial charge in [0.25, 0.3) is 0 Å². The molecule has 0 aromatic rings. The molecule has 90 valence electrons. The molecule has 0 aromatic heterocycles. The molecule has 1 saturated carbocycles. The fourth-order valence-corrected chi connectivity index (χ4v) is 3.10. The summed E-state index contributed by atoms with van der Waals surface area (Å²) in [5.74, 6) is 1.02. The molecule has 0 spiro atoms. The maximum absolute atomic E-state index is 10.8. The first kappa shape index (κ1) is 11.6. The lowest BCUT2D eigenvalue weighted by molar-refractivity contribution is -0.132. The summed E-state index contributed by atoms with van der Waals surface area (Å²) >= 11 is 0. The number of carboxylic acids is 1. The number of aliphatic carboxylic acids is 1. The Bertz CT molecular complexity index is 286. The van der Waals surface area contributed by atoms with Gasteiger partial charge >= 0.3 is 5.97 Å². The van der Waals surface area contributed by atoms with Gasteiger partial charge in [0.1, 0.15) is 0 Å². The van der Waals surface area contributed by atoms with E-state index in [0.717, 1.165) is 18.4 Å². The number of rotatable bonds is 4. The summed E-state index contributed by atoms with van der Waals surface area (Å²) in [4.78, 5) is 13.3. The van der Waals surface area contributed by atoms with Crippen molar-refractivity contribution in [2.45, 2.75) is 32.6 Å². The molecule has 2 aliphatic rings. The zero-order valence-electron chi connectivity index (χ0n) is 9.98. The Hall–Kier alpha value is -0.830. The molecule has 2 unspecified atom stereocenters. The topological polar surface area (TPSA) is 40.5 Å². The second-order valence-corrected chi connectivity index (χ2v) is 5.06. The van der Waals surface area contributed by atoms with Crippen LogP contribution in [0.4, 0.5) is 0 Å². The minimum atomic E-state index is -0.762. The van der Waals surface area contributed by atoms with Crippen molar-refractivity contribution in [3.8, 4) is 0 Å². The summed E-state index contributed by atoms with van der Waals surface area (Å²) in [5, 5.41) is 8.92. The number of nitrogens with zero attached hydrogens (tertiary/aromatic N) is 1. The lowest BCUT2D eigenvalue weighted by Crippen LogP contribution is -2.22. The number of carbonyl (C=O) groups is 1. The molecule has 1 saturated heterocycles. The second-order valence-electron chi connectivity index (χ2n) is 5.06. The van der Waals surface area contributed by atoms with Gasteiger partial charge in [0, 0.05) is 25.2 Å². The van der Waals surface area contributed by atoms with Crippen LogP contribution in [0.5, 0.6) is 0 Å². The lowest BCUT2D eigenvalue weighted by Gasteiger charge is -2.14. The van der Waals surface area contributed by atoms with Gasteiger partial charge in [-0.2, -0.15) is 0 Å². The molecular formula is C13H21NO2. The highest BCUT2D eigenvalue weighted by molar-refractivity contribution is 5.86. The van der Waals surface area contributed by atoms with Crippen LogP contribution in [0.1, 0.15) is 32.6 Å². The van der Waals surface area contributed by atoms with E-state index >= 15 is 0 Å². The van der Waals surface area contributed by atoms with E-state index in [-0.39, 0.29) is 0 Å². The van der Waals surface area contributed by atoms with Crippen LogP contribution in [-0.4, -0.2) is 35.6 Å². The van der Waals surface area contributed by atoms with Crippen molar-refractivity contribution >= 4 is 5.97 Å². The van der Waals surface area contributed by atoms with Crippen molar-refractivity contribution in [2.24, 2.45) is 11.8 Å². The SMILES string of the molecule is CCC(=CCN1CC2CCCC2C1)C(=O)O. The van der Waals surface area contributed by atoms with Crippen molar-refractivity contribution in [1.29, 1.82) is 0 Å². The lowest BCUT2D eigenvalue weighted by atomic mass is 10.0. The maximum atomic E-state index is 10.8. The van der Waals surface area contributed by atoms with Gasteiger partial charge in [-0.15, -0.1) is 0 Å². The van der Waals surface area contributed by atoms with Crippen LogP contribution in [0.25, 0.3) is 0 Å². The Kier molecular flexibility index (Phi) is 3.64. The van der Waals surface area contributed by atoms with Gasteiger partial charge in [0.2, 0.25) is 0 Å². The zero-order valence-corrected chi connectivity index (χ0v) is 9.98. The van der Waals surface area contributed by atoms with Crippen LogP contribution in [-0.2, 0) is 4.79 Å². The fraction of sp³-hybridized carbons (Fsp3) is 0.769. The Morgan fingerprint density at radius 1 is 1.38 bits per heavy atom. The highest BCUT2D eigenvalue weighted by Gasteiger charge is 2.35. The average molecular weight is 223 g/mol. The van der Waals surface area contributed by atoms with Gasteiger partial charge in [-0.3, -0.25) is 4.90 Å². The third kappa shape index (κ3) is 2.46. The van der Waals surface area contributed by atoms with Crippen LogP contribution >= 0.6 is 0 Å². The molecule has 0 amide bonds. The van der Waals surface area contributed by atoms with Crippen molar-refractivity contribution < 1.29 is 9.90 Å². The molecule has 0 bridgehead atoms. The van der Waals surface area contributed by atoms with E-state index in [1.54, 1.807) is 0 Å². The summed E-state index contributed by atoms with van der Waals surface area (Å²) in [6, 6.07) is 0. The Morgan fingerprint density at radius 3 is 2.50 bits per heavy atom. The van der Waals surface area contributed by atoms with Crippen LogP contribution in [0.2, 0.25) is 0 Å². The number of fused-ring (bicyclic) bond motifs is 1. The summed E-state index contributed by atoms with van der Waals surface area (Å²) in [5.41, 5.74) is 0.553. The Labute approximate surface area is 97.1 Å². The number of carboxylic acid groups (broad SMARTS) is 1. The predicted octanol–water partition coefficient (Wildman–Crippen LogP) is 2.14. The Balaban J connectivity index is 1.85. The number of likely N-dealkylation sites (tertiary alicyclic amines) is 1. The normalized spacial score (nSPS) is 30.7. The summed E-state index contributed by atoms with van der Waals surface area (Å²) < 4.78 is 0. The summed E-state index contributed by atoms with van der Waals surface area (Å²) in [6.07, 6.45) is 6.67. The van der Waals surface area contributed by atoms with E-state index in [9.17, 15) is 4.79 Å². The van der Waals surface area contributed by atoms with Gasteiger partial charge in [0.05, 0.1) is 0 Å². The van der Waals surface area contributed by atoms with E-state index in [1.165, 1.54) is 32.4 Å². The molecule has 2 rings (SSSR count). The molecule has 1 aliphatic heterocycles. The van der Waals surface area contributed by atoms with Gasteiger partial charge < -0.3 is 5.11 Å². The van der Waals surface area contributed by atoms with Gasteiger partial charge in [0.15, 0.2) is 0 Å². The molecule has 1 heterocycles. The maximum Gasteiger partial charge on any atom is 0.331 e. The molecule has 0 aromatic carbocycles. The average Bonchev–Trinajstić information content (AvgIpc) is 2.77. The number of hydrogen-bond acceptors (Lipinski definition) is 2. The molecule has 16 heavy (non-hydrogen) atoms. The van der Waals surface area contributed by atoms with Gasteiger partial charge in [-0.05, 0) is 31.1 Å². The van der Waals surface area contributed by atoms with Gasteiger partial charge in [-0.25, -0.2) is 4.79 Å². The van der Waals surface area contributed by atoms with Crippen LogP contribution in [0.3, 0.4) is 0 Å². The zero-order chi connectivity index (χ0) is 11.5. The first-order chi connectivity index (χ1) is 7.70. The summed E-state index contributed by atoms with van der Waals surface area (Å²) in [6.45, 7) is 5.08. The largest absolute Gasteiger partial charge is 0.478 e. The third-order valence-corrected chi connectivity index (χ3v) is 4.05. The van der Waals surface area contributed by atoms with Crippen molar-refractivity contribution in [2.75, 3.05) is 19.6 Å². The quantitative estimate of drug-likeness (QED) is 0.742. The molecular weight excluding hydrogens is 202 g/mol. The van der Waals surface area contributed by atoms with Crippen molar-refractivity contribution in [1.82, 2.24) is 4.90 Å². The van der Waals surface area contributed by atoms with Crippen LogP contribution < -0.4 is 0 Å². The number of hydrogen-bond donors (Lipinski definition) is 1. The minimum absolute atomic E-state index is 0.553. The van der Waals surface area contributed by atoms with E-state index in [4.69, 9.17) is 5.11 Å². The third-order valence-electron chi connectivity index (χ3n) is 4.05. The van der Waals surface area contributed by atoms with Gasteiger partial charge in [-0.1, -0.05) is 19.4 Å². The molecule has 0 radical (unpaired) electrons. The van der Waals surface area contributed by atoms with E-state index < -0.39 is 5.97 Å². The first-order valence-corrected chi connectivity index (χ1v) is 6.35. The van der Waals surface area contributed by atoms with E-state index in [1.807, 2.05) is 13.0 Å². The standard InChI is InChI=1S/C13H21NO2/c1-2-10(13(15)16)6-7-14-8-11-4-3-5-12(11)9-14/h6,11-12H,2-5,7-9H2,1H3,(H,15,16). The molecule has 1 N–H and O–H groups in total. The first-order valence-electron chi connectivity index (χ1n) is 6.35. The van der Waals surface area contributed by atoms with E-state index in [2.05, 4.69) is 4.90 Å². The smallest absolute Gasteiger partial charge is 0.331 e. The molecule has 2 fully saturated rings. The van der Waals surface area contributed by atoms with Crippen molar-refractivity contribution in [3.05, 3.63) is 11.6 Å². The summed E-state index contributed by atoms with van der Waals surface area (Å²) in [7, 11) is 0. The van der Waals surface area contributed by atoms with Crippen molar-refractivity contribution in [3.63, 3.8) is 0 Å². The fourth-order valence-electron chi connectivity index (χ4n) is 3.10. The highest BCUT2D eigenvalue weighted by atomic mass is 16.4. The highest BCUT2D eigenvalue weighted by Crippen LogP contribution is 2.37. The predicted molar refractivity (Wildman–Crippen MR) is 63.3 cm³/mol. The molecule has 3 heteroatoms. The monoisotopic (exact) mass is 223 g/mol. The molecule has 1 aliphatic carbocycles. The molecule has 2 atom stereocenters. The van der Waals surface area contributed by atoms with Crippen LogP contribution in [0.15, 0.2) is 11.6 Å². The van der Waals surface area contributed by atoms with E-state index in [0.29, 0.717) is 12.0 Å². The second kappa shape index (κ2) is 5.00.